The molecule has 6 nitrogen and oxygen atoms in total. The summed E-state index contributed by atoms with van der Waals surface area (Å²) in [6, 6.07) is 12.6. The molecule has 3 aromatic rings. The van der Waals surface area contributed by atoms with Crippen molar-refractivity contribution in [2.75, 3.05) is 13.7 Å². The van der Waals surface area contributed by atoms with Gasteiger partial charge in [-0.15, -0.1) is 0 Å². The van der Waals surface area contributed by atoms with Crippen molar-refractivity contribution in [3.05, 3.63) is 74.6 Å². The molecular weight excluding hydrogens is 466 g/mol. The Morgan fingerprint density at radius 2 is 1.97 bits per heavy atom. The molecule has 2 fully saturated rings. The van der Waals surface area contributed by atoms with Crippen LogP contribution in [0.4, 0.5) is 0 Å². The summed E-state index contributed by atoms with van der Waals surface area (Å²) in [7, 11) is 1.56. The average Bonchev–Trinajstić information content (AvgIpc) is 2.85. The van der Waals surface area contributed by atoms with Crippen LogP contribution in [-0.2, 0) is 11.2 Å². The van der Waals surface area contributed by atoms with E-state index in [1.165, 1.54) is 0 Å². The summed E-state index contributed by atoms with van der Waals surface area (Å²) < 4.78 is 10.8. The first-order valence-corrected chi connectivity index (χ1v) is 12.6. The van der Waals surface area contributed by atoms with Crippen LogP contribution in [0.3, 0.4) is 0 Å². The lowest BCUT2D eigenvalue weighted by molar-refractivity contribution is -0.154. The summed E-state index contributed by atoms with van der Waals surface area (Å²) in [6.45, 7) is 2.29. The summed E-state index contributed by atoms with van der Waals surface area (Å²) in [6.07, 6.45) is 4.11. The maximum atomic E-state index is 13.8. The molecule has 1 saturated carbocycles. The van der Waals surface area contributed by atoms with E-state index < -0.39 is 11.2 Å². The van der Waals surface area contributed by atoms with Crippen molar-refractivity contribution < 1.29 is 19.1 Å². The zero-order valence-corrected chi connectivity index (χ0v) is 20.8. The number of hydrogen-bond donors (Lipinski definition) is 1. The number of benzene rings is 2. The van der Waals surface area contributed by atoms with Gasteiger partial charge in [-0.25, -0.2) is 4.79 Å². The van der Waals surface area contributed by atoms with E-state index in [-0.39, 0.29) is 24.3 Å². The fourth-order valence-corrected chi connectivity index (χ4v) is 6.12. The number of amides is 1. The Morgan fingerprint density at radius 1 is 1.20 bits per heavy atom. The average molecular weight is 496 g/mol. The Labute approximate surface area is 209 Å². The molecule has 0 radical (unpaired) electrons. The number of halogens is 1. The second kappa shape index (κ2) is 9.32. The molecule has 1 N–H and O–H groups in total. The lowest BCUT2D eigenvalue weighted by Crippen LogP contribution is -2.56. The van der Waals surface area contributed by atoms with Crippen LogP contribution in [0.2, 0.25) is 5.02 Å². The highest BCUT2D eigenvalue weighted by atomic mass is 35.5. The lowest BCUT2D eigenvalue weighted by atomic mass is 9.66. The van der Waals surface area contributed by atoms with Crippen LogP contribution < -0.4 is 10.4 Å². The van der Waals surface area contributed by atoms with Crippen LogP contribution in [0.1, 0.15) is 54.8 Å². The minimum Gasteiger partial charge on any atom is -0.497 e. The minimum absolute atomic E-state index is 0.0502. The Bertz CT molecular complexity index is 1320. The third-order valence-corrected chi connectivity index (χ3v) is 8.17. The molecule has 1 saturated heterocycles. The number of likely N-dealkylation sites (tertiary alicyclic amines) is 1. The van der Waals surface area contributed by atoms with Crippen molar-refractivity contribution in [1.29, 1.82) is 0 Å². The molecule has 0 bridgehead atoms. The Balaban J connectivity index is 1.50. The van der Waals surface area contributed by atoms with Crippen molar-refractivity contribution in [2.24, 2.45) is 5.92 Å². The van der Waals surface area contributed by atoms with Gasteiger partial charge < -0.3 is 19.2 Å². The molecule has 1 aliphatic carbocycles. The van der Waals surface area contributed by atoms with Crippen LogP contribution in [0.15, 0.2) is 51.7 Å². The van der Waals surface area contributed by atoms with Gasteiger partial charge in [0, 0.05) is 28.9 Å². The lowest BCUT2D eigenvalue weighted by Gasteiger charge is -2.52. The molecule has 2 heterocycles. The Morgan fingerprint density at radius 3 is 2.71 bits per heavy atom. The van der Waals surface area contributed by atoms with E-state index >= 15 is 0 Å². The van der Waals surface area contributed by atoms with E-state index in [0.29, 0.717) is 34.9 Å². The predicted octanol–water partition coefficient (Wildman–Crippen LogP) is 5.20. The number of piperidine rings is 1. The number of hydrogen-bond acceptors (Lipinski definition) is 5. The highest BCUT2D eigenvalue weighted by molar-refractivity contribution is 6.30. The monoisotopic (exact) mass is 495 g/mol. The van der Waals surface area contributed by atoms with Crippen LogP contribution in [0.25, 0.3) is 11.0 Å². The highest BCUT2D eigenvalue weighted by Gasteiger charge is 2.50. The van der Waals surface area contributed by atoms with Crippen LogP contribution in [0, 0.1) is 12.8 Å². The van der Waals surface area contributed by atoms with Gasteiger partial charge in [0.1, 0.15) is 11.3 Å². The topological polar surface area (TPSA) is 80.0 Å². The fraction of sp³-hybridized carbons (Fsp3) is 0.429. The van der Waals surface area contributed by atoms with E-state index in [4.69, 9.17) is 20.8 Å². The highest BCUT2D eigenvalue weighted by Crippen LogP contribution is 2.49. The molecule has 184 valence electrons. The first kappa shape index (κ1) is 23.9. The number of aliphatic hydroxyl groups is 1. The van der Waals surface area contributed by atoms with Crippen molar-refractivity contribution in [3.63, 3.8) is 0 Å². The Hall–Kier alpha value is -2.83. The molecule has 0 spiro atoms. The van der Waals surface area contributed by atoms with Crippen molar-refractivity contribution in [3.8, 4) is 5.75 Å². The maximum Gasteiger partial charge on any atom is 0.340 e. The first-order valence-electron chi connectivity index (χ1n) is 12.2. The van der Waals surface area contributed by atoms with Crippen LogP contribution in [0.5, 0.6) is 5.75 Å². The van der Waals surface area contributed by atoms with Crippen LogP contribution >= 0.6 is 11.6 Å². The first-order chi connectivity index (χ1) is 16.8. The maximum absolute atomic E-state index is 13.8. The normalized spacial score (nSPS) is 24.3. The van der Waals surface area contributed by atoms with Gasteiger partial charge in [0.15, 0.2) is 0 Å². The largest absolute Gasteiger partial charge is 0.497 e. The van der Waals surface area contributed by atoms with Crippen molar-refractivity contribution >= 4 is 28.5 Å². The van der Waals surface area contributed by atoms with Gasteiger partial charge in [0.2, 0.25) is 5.91 Å². The number of carbonyl (C=O) groups is 1. The number of fused-ring (bicyclic) bond motifs is 2. The van der Waals surface area contributed by atoms with Gasteiger partial charge in [-0.3, -0.25) is 4.79 Å². The zero-order chi connectivity index (χ0) is 24.7. The second-order valence-corrected chi connectivity index (χ2v) is 10.3. The number of ether oxygens (including phenoxy) is 1. The molecular formula is C28H30ClNO5. The van der Waals surface area contributed by atoms with E-state index in [1.54, 1.807) is 13.2 Å². The van der Waals surface area contributed by atoms with Gasteiger partial charge in [-0.2, -0.15) is 0 Å². The van der Waals surface area contributed by atoms with Crippen LogP contribution in [-0.4, -0.2) is 35.2 Å². The molecule has 7 heteroatoms. The number of aryl methyl sites for hydroxylation is 1. The third kappa shape index (κ3) is 4.34. The van der Waals surface area contributed by atoms with Gasteiger partial charge >= 0.3 is 5.63 Å². The molecule has 1 aromatic heterocycles. The fourth-order valence-electron chi connectivity index (χ4n) is 5.99. The summed E-state index contributed by atoms with van der Waals surface area (Å²) in [5, 5.41) is 12.9. The van der Waals surface area contributed by atoms with Gasteiger partial charge in [-0.05, 0) is 61.6 Å². The quantitative estimate of drug-likeness (QED) is 0.503. The number of carbonyl (C=O) groups excluding carboxylic acids is 1. The minimum atomic E-state index is -0.781. The Kier molecular flexibility index (Phi) is 6.36. The van der Waals surface area contributed by atoms with Crippen molar-refractivity contribution in [2.45, 2.75) is 57.1 Å². The molecule has 3 atom stereocenters. The molecule has 35 heavy (non-hydrogen) atoms. The molecule has 1 aliphatic heterocycles. The molecule has 2 aromatic carbocycles. The van der Waals surface area contributed by atoms with Gasteiger partial charge in [-0.1, -0.05) is 36.6 Å². The molecule has 2 aliphatic rings. The van der Waals surface area contributed by atoms with Crippen molar-refractivity contribution in [1.82, 2.24) is 4.90 Å². The SMILES string of the molecule is COc1ccc2c(C)c(CC(=O)N3CC[C@@]4(O)CCCC[C@H]4[C@@H]3c3ccc(Cl)cc3)c(=O)oc2c1. The molecule has 5 rings (SSSR count). The second-order valence-electron chi connectivity index (χ2n) is 9.82. The predicted molar refractivity (Wildman–Crippen MR) is 135 cm³/mol. The zero-order valence-electron chi connectivity index (χ0n) is 20.1. The van der Waals surface area contributed by atoms with E-state index in [0.717, 1.165) is 42.2 Å². The van der Waals surface area contributed by atoms with Gasteiger partial charge in [0.25, 0.3) is 0 Å². The van der Waals surface area contributed by atoms with E-state index in [2.05, 4.69) is 0 Å². The number of nitrogens with zero attached hydrogens (tertiary/aromatic N) is 1. The molecule has 0 unspecified atom stereocenters. The third-order valence-electron chi connectivity index (χ3n) is 7.92. The van der Waals surface area contributed by atoms with Gasteiger partial charge in [0.05, 0.1) is 30.7 Å². The van der Waals surface area contributed by atoms with E-state index in [1.807, 2.05) is 48.2 Å². The summed E-state index contributed by atoms with van der Waals surface area (Å²) in [5.41, 5.74) is 1.21. The smallest absolute Gasteiger partial charge is 0.340 e. The molecule has 1 amide bonds. The summed E-state index contributed by atoms with van der Waals surface area (Å²) in [4.78, 5) is 28.5. The summed E-state index contributed by atoms with van der Waals surface area (Å²) >= 11 is 6.14. The number of methoxy groups -OCH3 is 1. The summed E-state index contributed by atoms with van der Waals surface area (Å²) in [5.74, 6) is 0.403. The van der Waals surface area contributed by atoms with E-state index in [9.17, 15) is 14.7 Å². The number of rotatable bonds is 4. The standard InChI is InChI=1S/C28H30ClNO5/c1-17-21-11-10-20(34-2)15-24(21)35-27(32)22(17)16-25(31)30-14-13-28(33)12-4-3-5-23(28)26(30)18-6-8-19(29)9-7-18/h6-11,15,23,26,33H,3-5,12-14,16H2,1-2H3/t23-,26-,28-/m0/s1.